The van der Waals surface area contributed by atoms with Gasteiger partial charge in [0.1, 0.15) is 11.5 Å². The lowest BCUT2D eigenvalue weighted by Crippen LogP contribution is -1.90. The summed E-state index contributed by atoms with van der Waals surface area (Å²) in [6.45, 7) is 0.146. The molecule has 17 heavy (non-hydrogen) atoms. The van der Waals surface area contributed by atoms with Crippen LogP contribution in [-0.4, -0.2) is 18.0 Å². The maximum absolute atomic E-state index is 10.5. The van der Waals surface area contributed by atoms with Crippen LogP contribution in [0.1, 0.15) is 15.2 Å². The highest BCUT2D eigenvalue weighted by atomic mass is 32.1. The van der Waals surface area contributed by atoms with Crippen LogP contribution in [0.2, 0.25) is 0 Å². The number of aldehydes is 1. The molecule has 1 aromatic carbocycles. The van der Waals surface area contributed by atoms with E-state index in [1.165, 1.54) is 11.3 Å². The molecule has 0 aliphatic carbocycles. The highest BCUT2D eigenvalue weighted by Crippen LogP contribution is 2.26. The fraction of sp³-hybridized carbons (Fsp3) is 0.154. The first kappa shape index (κ1) is 11.8. The zero-order valence-corrected chi connectivity index (χ0v) is 9.94. The monoisotopic (exact) mass is 248 g/mol. The van der Waals surface area contributed by atoms with Crippen LogP contribution >= 0.6 is 11.3 Å². The Morgan fingerprint density at radius 3 is 2.59 bits per heavy atom. The molecule has 0 unspecified atom stereocenters. The van der Waals surface area contributed by atoms with Crippen molar-refractivity contribution in [3.05, 3.63) is 46.2 Å². The predicted molar refractivity (Wildman–Crippen MR) is 67.0 cm³/mol. The molecule has 0 bridgehead atoms. The smallest absolute Gasteiger partial charge is 0.160 e. The van der Waals surface area contributed by atoms with Gasteiger partial charge in [0.25, 0.3) is 0 Å². The Labute approximate surface area is 103 Å². The number of carbonyl (C=O) groups is 1. The second-order valence-electron chi connectivity index (χ2n) is 3.52. The second kappa shape index (κ2) is 5.61. The molecular weight excluding hydrogens is 236 g/mol. The van der Waals surface area contributed by atoms with E-state index < -0.39 is 0 Å². The summed E-state index contributed by atoms with van der Waals surface area (Å²) in [5, 5.41) is 10.6. The van der Waals surface area contributed by atoms with Crippen molar-refractivity contribution >= 4 is 17.6 Å². The summed E-state index contributed by atoms with van der Waals surface area (Å²) < 4.78 is 5.58. The van der Waals surface area contributed by atoms with E-state index in [2.05, 4.69) is 0 Å². The van der Waals surface area contributed by atoms with Crippen molar-refractivity contribution in [2.45, 2.75) is 6.42 Å². The maximum Gasteiger partial charge on any atom is 0.160 e. The lowest BCUT2D eigenvalue weighted by Gasteiger charge is -2.04. The van der Waals surface area contributed by atoms with Crippen LogP contribution in [-0.2, 0) is 6.42 Å². The second-order valence-corrected chi connectivity index (χ2v) is 4.47. The number of aliphatic hydroxyl groups excluding tert-OH is 1. The third kappa shape index (κ3) is 3.15. The highest BCUT2D eigenvalue weighted by Gasteiger charge is 2.01. The Bertz CT molecular complexity index is 488. The molecule has 2 rings (SSSR count). The first-order valence-corrected chi connectivity index (χ1v) is 6.11. The maximum atomic E-state index is 10.5. The van der Waals surface area contributed by atoms with E-state index in [1.807, 2.05) is 24.3 Å². The number of carbonyl (C=O) groups excluding carboxylic acids is 1. The highest BCUT2D eigenvalue weighted by molar-refractivity contribution is 7.11. The van der Waals surface area contributed by atoms with Gasteiger partial charge in [-0.2, -0.15) is 0 Å². The molecule has 0 radical (unpaired) electrons. The van der Waals surface area contributed by atoms with Crippen molar-refractivity contribution in [2.24, 2.45) is 0 Å². The van der Waals surface area contributed by atoms with Gasteiger partial charge in [-0.3, -0.25) is 4.79 Å². The molecular formula is C13H12O3S. The lowest BCUT2D eigenvalue weighted by molar-refractivity contribution is 0.112. The van der Waals surface area contributed by atoms with Crippen LogP contribution < -0.4 is 4.74 Å². The summed E-state index contributed by atoms with van der Waals surface area (Å²) in [5.41, 5.74) is 1.07. The molecule has 1 aromatic heterocycles. The molecule has 0 aliphatic heterocycles. The van der Waals surface area contributed by atoms with E-state index in [0.717, 1.165) is 17.6 Å². The van der Waals surface area contributed by atoms with Gasteiger partial charge in [-0.25, -0.2) is 0 Å². The fourth-order valence-corrected chi connectivity index (χ4v) is 2.05. The van der Waals surface area contributed by atoms with E-state index in [-0.39, 0.29) is 6.61 Å². The molecule has 2 aromatic rings. The van der Waals surface area contributed by atoms with Crippen LogP contribution in [0.3, 0.4) is 0 Å². The Balaban J connectivity index is 2.05. The van der Waals surface area contributed by atoms with Gasteiger partial charge in [0.15, 0.2) is 6.29 Å². The molecule has 0 amide bonds. The molecule has 3 nitrogen and oxygen atoms in total. The van der Waals surface area contributed by atoms with Crippen LogP contribution in [0.4, 0.5) is 0 Å². The quantitative estimate of drug-likeness (QED) is 0.827. The van der Waals surface area contributed by atoms with Gasteiger partial charge in [-0.1, -0.05) is 12.1 Å². The Kier molecular flexibility index (Phi) is 3.90. The zero-order chi connectivity index (χ0) is 12.1. The van der Waals surface area contributed by atoms with Crippen molar-refractivity contribution in [1.82, 2.24) is 0 Å². The van der Waals surface area contributed by atoms with E-state index in [1.54, 1.807) is 11.4 Å². The van der Waals surface area contributed by atoms with Gasteiger partial charge < -0.3 is 9.84 Å². The largest absolute Gasteiger partial charge is 0.456 e. The minimum absolute atomic E-state index is 0.146. The summed E-state index contributed by atoms with van der Waals surface area (Å²) >= 11 is 1.35. The molecule has 88 valence electrons. The van der Waals surface area contributed by atoms with Gasteiger partial charge >= 0.3 is 0 Å². The first-order chi connectivity index (χ1) is 8.31. The molecule has 1 N–H and O–H groups in total. The standard InChI is InChI=1S/C13H12O3S/c14-6-5-10-1-3-11(4-2-10)16-12-7-13(8-15)17-9-12/h1-4,7-9,14H,5-6H2. The minimum atomic E-state index is 0.146. The summed E-state index contributed by atoms with van der Waals surface area (Å²) in [5.74, 6) is 1.40. The first-order valence-electron chi connectivity index (χ1n) is 5.23. The molecule has 0 saturated heterocycles. The topological polar surface area (TPSA) is 46.5 Å². The van der Waals surface area contributed by atoms with Crippen molar-refractivity contribution in [3.8, 4) is 11.5 Å². The number of ether oxygens (including phenoxy) is 1. The van der Waals surface area contributed by atoms with Gasteiger partial charge in [-0.15, -0.1) is 11.3 Å². The van der Waals surface area contributed by atoms with Gasteiger partial charge in [0, 0.05) is 18.1 Å². The van der Waals surface area contributed by atoms with E-state index in [0.29, 0.717) is 17.0 Å². The van der Waals surface area contributed by atoms with Crippen LogP contribution in [0.5, 0.6) is 11.5 Å². The molecule has 0 aliphatic rings. The summed E-state index contributed by atoms with van der Waals surface area (Å²) in [6.07, 6.45) is 1.45. The Morgan fingerprint density at radius 1 is 1.24 bits per heavy atom. The third-order valence-corrected chi connectivity index (χ3v) is 3.11. The van der Waals surface area contributed by atoms with Crippen LogP contribution in [0.15, 0.2) is 35.7 Å². The molecule has 0 spiro atoms. The Morgan fingerprint density at radius 2 is 2.00 bits per heavy atom. The zero-order valence-electron chi connectivity index (χ0n) is 9.13. The van der Waals surface area contributed by atoms with Gasteiger partial charge in [-0.05, 0) is 24.1 Å². The minimum Gasteiger partial charge on any atom is -0.456 e. The van der Waals surface area contributed by atoms with E-state index in [4.69, 9.17) is 9.84 Å². The summed E-state index contributed by atoms with van der Waals surface area (Å²) in [6, 6.07) is 9.24. The average Bonchev–Trinajstić information content (AvgIpc) is 2.80. The van der Waals surface area contributed by atoms with Crippen molar-refractivity contribution < 1.29 is 14.6 Å². The molecule has 0 saturated carbocycles. The number of thiophene rings is 1. The van der Waals surface area contributed by atoms with Gasteiger partial charge in [0.05, 0.1) is 4.88 Å². The molecule has 0 atom stereocenters. The Hall–Kier alpha value is -1.65. The number of hydrogen-bond donors (Lipinski definition) is 1. The predicted octanol–water partition coefficient (Wildman–Crippen LogP) is 2.89. The van der Waals surface area contributed by atoms with Crippen molar-refractivity contribution in [2.75, 3.05) is 6.61 Å². The number of aliphatic hydroxyl groups is 1. The normalized spacial score (nSPS) is 10.2. The van der Waals surface area contributed by atoms with E-state index >= 15 is 0 Å². The van der Waals surface area contributed by atoms with Gasteiger partial charge in [0.2, 0.25) is 0 Å². The van der Waals surface area contributed by atoms with E-state index in [9.17, 15) is 4.79 Å². The van der Waals surface area contributed by atoms with Crippen molar-refractivity contribution in [1.29, 1.82) is 0 Å². The number of rotatable bonds is 5. The van der Waals surface area contributed by atoms with Crippen LogP contribution in [0, 0.1) is 0 Å². The molecule has 0 fully saturated rings. The number of benzene rings is 1. The van der Waals surface area contributed by atoms with Crippen molar-refractivity contribution in [3.63, 3.8) is 0 Å². The summed E-state index contributed by atoms with van der Waals surface area (Å²) in [7, 11) is 0. The lowest BCUT2D eigenvalue weighted by atomic mass is 10.1. The fourth-order valence-electron chi connectivity index (χ4n) is 1.44. The average molecular weight is 248 g/mol. The number of hydrogen-bond acceptors (Lipinski definition) is 4. The van der Waals surface area contributed by atoms with Crippen LogP contribution in [0.25, 0.3) is 0 Å². The summed E-state index contributed by atoms with van der Waals surface area (Å²) in [4.78, 5) is 11.2. The third-order valence-electron chi connectivity index (χ3n) is 2.27. The molecule has 1 heterocycles. The molecule has 4 heteroatoms. The SMILES string of the molecule is O=Cc1cc(Oc2ccc(CCO)cc2)cs1.